The molecule has 0 aromatic heterocycles. The number of nitrogens with one attached hydrogen (secondary N) is 1. The maximum Gasteiger partial charge on any atom is 0.407 e. The third-order valence-corrected chi connectivity index (χ3v) is 2.53. The van der Waals surface area contributed by atoms with Gasteiger partial charge in [0.15, 0.2) is 0 Å². The van der Waals surface area contributed by atoms with Gasteiger partial charge in [-0.1, -0.05) is 30.3 Å². The molecule has 1 amide bonds. The van der Waals surface area contributed by atoms with E-state index in [-0.39, 0.29) is 0 Å². The first kappa shape index (κ1) is 15.5. The zero-order valence-electron chi connectivity index (χ0n) is 11.8. The summed E-state index contributed by atoms with van der Waals surface area (Å²) in [6.45, 7) is 4.75. The van der Waals surface area contributed by atoms with Crippen LogP contribution in [0.2, 0.25) is 0 Å². The molecule has 3 nitrogen and oxygen atoms in total. The first-order valence-electron chi connectivity index (χ1n) is 6.50. The fourth-order valence-corrected chi connectivity index (χ4v) is 1.65. The highest BCUT2D eigenvalue weighted by atomic mass is 19.1. The third-order valence-electron chi connectivity index (χ3n) is 2.53. The van der Waals surface area contributed by atoms with E-state index in [1.165, 1.54) is 0 Å². The van der Waals surface area contributed by atoms with E-state index in [0.717, 1.165) is 12.0 Å². The molecule has 0 aliphatic rings. The van der Waals surface area contributed by atoms with Gasteiger partial charge in [-0.05, 0) is 39.2 Å². The Kier molecular flexibility index (Phi) is 5.80. The molecule has 1 aromatic carbocycles. The van der Waals surface area contributed by atoms with Crippen LogP contribution in [0.15, 0.2) is 30.3 Å². The lowest BCUT2D eigenvalue weighted by molar-refractivity contribution is 0.0493. The highest BCUT2D eigenvalue weighted by Gasteiger charge is 2.19. The number of carbonyl (C=O) groups excluding carboxylic acids is 1. The number of aryl methyl sites for hydroxylation is 1. The lowest BCUT2D eigenvalue weighted by Gasteiger charge is -2.22. The minimum atomic E-state index is -0.591. The molecule has 0 radical (unpaired) electrons. The number of ether oxygens (including phenoxy) is 1. The highest BCUT2D eigenvalue weighted by molar-refractivity contribution is 5.68. The van der Waals surface area contributed by atoms with Gasteiger partial charge in [-0.2, -0.15) is 0 Å². The van der Waals surface area contributed by atoms with Crippen LogP contribution in [0.25, 0.3) is 0 Å². The lowest BCUT2D eigenvalue weighted by atomic mass is 10.1. The van der Waals surface area contributed by atoms with Crippen LogP contribution in [-0.2, 0) is 11.2 Å². The number of alkyl halides is 1. The van der Waals surface area contributed by atoms with Crippen LogP contribution in [0.1, 0.15) is 32.8 Å². The summed E-state index contributed by atoms with van der Waals surface area (Å²) in [4.78, 5) is 11.5. The van der Waals surface area contributed by atoms with Crippen molar-refractivity contribution in [3.05, 3.63) is 35.9 Å². The quantitative estimate of drug-likeness (QED) is 0.887. The topological polar surface area (TPSA) is 38.3 Å². The smallest absolute Gasteiger partial charge is 0.407 e. The van der Waals surface area contributed by atoms with E-state index in [2.05, 4.69) is 5.32 Å². The summed E-state index contributed by atoms with van der Waals surface area (Å²) in [6.07, 6.45) is 0.716. The molecule has 1 atom stereocenters. The first-order chi connectivity index (χ1) is 8.90. The minimum absolute atomic E-state index is 0.505. The Morgan fingerprint density at radius 3 is 2.47 bits per heavy atom. The summed E-state index contributed by atoms with van der Waals surface area (Å²) >= 11 is 0. The normalized spacial score (nSPS) is 12.8. The van der Waals surface area contributed by atoms with E-state index in [0.29, 0.717) is 6.42 Å². The maximum absolute atomic E-state index is 12.9. The molecule has 1 rings (SSSR count). The van der Waals surface area contributed by atoms with Crippen LogP contribution in [0.5, 0.6) is 0 Å². The minimum Gasteiger partial charge on any atom is -0.444 e. The van der Waals surface area contributed by atoms with E-state index in [1.54, 1.807) is 20.8 Å². The van der Waals surface area contributed by atoms with E-state index < -0.39 is 24.4 Å². The highest BCUT2D eigenvalue weighted by Crippen LogP contribution is 2.09. The van der Waals surface area contributed by atoms with E-state index in [4.69, 9.17) is 4.74 Å². The second-order valence-electron chi connectivity index (χ2n) is 5.52. The number of hydrogen-bond donors (Lipinski definition) is 1. The maximum atomic E-state index is 12.9. The molecule has 1 aromatic rings. The van der Waals surface area contributed by atoms with Gasteiger partial charge in [0.1, 0.15) is 12.3 Å². The number of halogens is 1. The number of hydrogen-bond acceptors (Lipinski definition) is 2. The van der Waals surface area contributed by atoms with Crippen molar-refractivity contribution in [1.29, 1.82) is 0 Å². The van der Waals surface area contributed by atoms with Gasteiger partial charge in [0.2, 0.25) is 0 Å². The van der Waals surface area contributed by atoms with Gasteiger partial charge in [0.05, 0.1) is 6.04 Å². The number of rotatable bonds is 5. The van der Waals surface area contributed by atoms with Gasteiger partial charge in [-0.3, -0.25) is 0 Å². The molecule has 0 aliphatic heterocycles. The second kappa shape index (κ2) is 7.12. The number of amides is 1. The summed E-state index contributed by atoms with van der Waals surface area (Å²) in [7, 11) is 0. The largest absolute Gasteiger partial charge is 0.444 e. The molecule has 0 bridgehead atoms. The van der Waals surface area contributed by atoms with E-state index in [9.17, 15) is 9.18 Å². The van der Waals surface area contributed by atoms with Crippen LogP contribution in [-0.4, -0.2) is 24.4 Å². The van der Waals surface area contributed by atoms with Gasteiger partial charge < -0.3 is 10.1 Å². The zero-order valence-corrected chi connectivity index (χ0v) is 11.8. The molecule has 1 N–H and O–H groups in total. The van der Waals surface area contributed by atoms with Gasteiger partial charge >= 0.3 is 6.09 Å². The van der Waals surface area contributed by atoms with Crippen molar-refractivity contribution in [3.8, 4) is 0 Å². The average Bonchev–Trinajstić information content (AvgIpc) is 2.33. The molecular formula is C15H22FNO2. The monoisotopic (exact) mass is 267 g/mol. The van der Waals surface area contributed by atoms with Crippen LogP contribution in [0, 0.1) is 0 Å². The number of alkyl carbamates (subject to hydrolysis) is 1. The van der Waals surface area contributed by atoms with Crippen molar-refractivity contribution in [1.82, 2.24) is 5.32 Å². The van der Waals surface area contributed by atoms with Crippen molar-refractivity contribution in [3.63, 3.8) is 0 Å². The second-order valence-corrected chi connectivity index (χ2v) is 5.52. The Balaban J connectivity index is 2.39. The van der Waals surface area contributed by atoms with Crippen molar-refractivity contribution >= 4 is 6.09 Å². The number of carbonyl (C=O) groups is 1. The average molecular weight is 267 g/mol. The van der Waals surface area contributed by atoms with Crippen LogP contribution in [0.3, 0.4) is 0 Å². The van der Waals surface area contributed by atoms with E-state index in [1.807, 2.05) is 30.3 Å². The molecule has 1 unspecified atom stereocenters. The molecular weight excluding hydrogens is 245 g/mol. The Morgan fingerprint density at radius 2 is 1.95 bits per heavy atom. The Labute approximate surface area is 114 Å². The lowest BCUT2D eigenvalue weighted by Crippen LogP contribution is -2.40. The van der Waals surface area contributed by atoms with Crippen molar-refractivity contribution in [2.75, 3.05) is 6.67 Å². The van der Waals surface area contributed by atoms with Gasteiger partial charge in [0.25, 0.3) is 0 Å². The van der Waals surface area contributed by atoms with Gasteiger partial charge in [-0.15, -0.1) is 0 Å². The van der Waals surface area contributed by atoms with Crippen LogP contribution >= 0.6 is 0 Å². The summed E-state index contributed by atoms with van der Waals surface area (Å²) in [5.74, 6) is 0. The summed E-state index contributed by atoms with van der Waals surface area (Å²) in [6, 6.07) is 9.30. The summed E-state index contributed by atoms with van der Waals surface area (Å²) < 4.78 is 18.0. The molecule has 0 spiro atoms. The molecule has 4 heteroatoms. The fourth-order valence-electron chi connectivity index (χ4n) is 1.65. The molecule has 0 aliphatic carbocycles. The van der Waals surface area contributed by atoms with E-state index >= 15 is 0 Å². The third kappa shape index (κ3) is 6.79. The summed E-state index contributed by atoms with van der Waals surface area (Å²) in [5, 5.41) is 2.56. The molecule has 0 saturated carbocycles. The summed E-state index contributed by atoms with van der Waals surface area (Å²) in [5.41, 5.74) is 0.566. The van der Waals surface area contributed by atoms with Crippen LogP contribution in [0.4, 0.5) is 9.18 Å². The molecule has 0 saturated heterocycles. The van der Waals surface area contributed by atoms with Crippen molar-refractivity contribution in [2.24, 2.45) is 0 Å². The molecule has 0 fully saturated rings. The van der Waals surface area contributed by atoms with Crippen LogP contribution < -0.4 is 5.32 Å². The Morgan fingerprint density at radius 1 is 1.32 bits per heavy atom. The Hall–Kier alpha value is -1.58. The predicted molar refractivity (Wildman–Crippen MR) is 73.9 cm³/mol. The predicted octanol–water partition coefficient (Wildman–Crippen LogP) is 3.48. The molecule has 0 heterocycles. The number of benzene rings is 1. The van der Waals surface area contributed by atoms with Gasteiger partial charge in [0, 0.05) is 0 Å². The Bertz CT molecular complexity index is 387. The van der Waals surface area contributed by atoms with Gasteiger partial charge in [-0.25, -0.2) is 9.18 Å². The first-order valence-corrected chi connectivity index (χ1v) is 6.50. The molecule has 106 valence electrons. The SMILES string of the molecule is CC(C)(C)OC(=O)NC(CF)CCc1ccccc1. The van der Waals surface area contributed by atoms with Crippen molar-refractivity contribution < 1.29 is 13.9 Å². The standard InChI is InChI=1S/C15H22FNO2/c1-15(2,3)19-14(18)17-13(11-16)10-9-12-7-5-4-6-8-12/h4-8,13H,9-11H2,1-3H3,(H,17,18). The molecule has 19 heavy (non-hydrogen) atoms. The van der Waals surface area contributed by atoms with Crippen molar-refractivity contribution in [2.45, 2.75) is 45.3 Å². The zero-order chi connectivity index (χ0) is 14.3. The fraction of sp³-hybridized carbons (Fsp3) is 0.533.